The highest BCUT2D eigenvalue weighted by Crippen LogP contribution is 2.23. The number of carboxylic acids is 1. The lowest BCUT2D eigenvalue weighted by Gasteiger charge is -2.18. The third-order valence-corrected chi connectivity index (χ3v) is 2.85. The summed E-state index contributed by atoms with van der Waals surface area (Å²) in [6, 6.07) is 10.1. The van der Waals surface area contributed by atoms with E-state index in [1.54, 1.807) is 0 Å². The number of unbranched alkanes of at least 4 members (excludes halogenated alkanes) is 1. The number of benzene rings is 1. The number of ether oxygens (including phenoxy) is 1. The van der Waals surface area contributed by atoms with Crippen LogP contribution in [-0.2, 0) is 9.53 Å². The van der Waals surface area contributed by atoms with Crippen LogP contribution < -0.4 is 0 Å². The Morgan fingerprint density at radius 3 is 2.61 bits per heavy atom. The van der Waals surface area contributed by atoms with Gasteiger partial charge in [0.2, 0.25) is 0 Å². The fourth-order valence-corrected chi connectivity index (χ4v) is 1.85. The second kappa shape index (κ2) is 8.70. The van der Waals surface area contributed by atoms with Gasteiger partial charge in [0.05, 0.1) is 6.10 Å². The van der Waals surface area contributed by atoms with E-state index in [9.17, 15) is 4.79 Å². The van der Waals surface area contributed by atoms with Crippen molar-refractivity contribution in [2.24, 2.45) is 0 Å². The lowest BCUT2D eigenvalue weighted by molar-refractivity contribution is -0.137. The summed E-state index contributed by atoms with van der Waals surface area (Å²) in [5.74, 6) is -0.761. The Kier molecular flexibility index (Phi) is 7.11. The average molecular weight is 250 g/mol. The molecule has 0 fully saturated rings. The van der Waals surface area contributed by atoms with Crippen molar-refractivity contribution in [3.63, 3.8) is 0 Å². The van der Waals surface area contributed by atoms with Crippen molar-refractivity contribution < 1.29 is 14.6 Å². The maximum atomic E-state index is 10.4. The maximum absolute atomic E-state index is 10.4. The third kappa shape index (κ3) is 5.82. The van der Waals surface area contributed by atoms with Gasteiger partial charge in [0.15, 0.2) is 0 Å². The molecule has 100 valence electrons. The van der Waals surface area contributed by atoms with E-state index in [-0.39, 0.29) is 12.5 Å². The van der Waals surface area contributed by atoms with Crippen LogP contribution >= 0.6 is 0 Å². The van der Waals surface area contributed by atoms with Crippen molar-refractivity contribution in [1.29, 1.82) is 0 Å². The highest BCUT2D eigenvalue weighted by atomic mass is 16.5. The Morgan fingerprint density at radius 2 is 2.00 bits per heavy atom. The zero-order valence-electron chi connectivity index (χ0n) is 11.0. The molecule has 1 aromatic rings. The molecule has 0 aliphatic carbocycles. The molecule has 0 heterocycles. The van der Waals surface area contributed by atoms with Gasteiger partial charge in [-0.05, 0) is 18.4 Å². The fourth-order valence-electron chi connectivity index (χ4n) is 1.85. The molecule has 18 heavy (non-hydrogen) atoms. The number of carbonyl (C=O) groups is 1. The summed E-state index contributed by atoms with van der Waals surface area (Å²) in [5, 5.41) is 8.58. The van der Waals surface area contributed by atoms with Crippen LogP contribution in [0.2, 0.25) is 0 Å². The molecule has 0 aliphatic heterocycles. The molecule has 0 aliphatic rings. The maximum Gasteiger partial charge on any atom is 0.303 e. The van der Waals surface area contributed by atoms with Crippen molar-refractivity contribution in [3.8, 4) is 0 Å². The molecule has 3 heteroatoms. The van der Waals surface area contributed by atoms with Gasteiger partial charge in [-0.2, -0.15) is 0 Å². The minimum Gasteiger partial charge on any atom is -0.481 e. The van der Waals surface area contributed by atoms with E-state index in [2.05, 4.69) is 19.1 Å². The highest BCUT2D eigenvalue weighted by molar-refractivity contribution is 5.66. The number of hydrogen-bond donors (Lipinski definition) is 1. The average Bonchev–Trinajstić information content (AvgIpc) is 2.38. The Hall–Kier alpha value is -1.35. The van der Waals surface area contributed by atoms with Crippen LogP contribution in [0.25, 0.3) is 0 Å². The van der Waals surface area contributed by atoms with E-state index in [1.807, 2.05) is 18.2 Å². The summed E-state index contributed by atoms with van der Waals surface area (Å²) in [6.07, 6.45) is 4.11. The molecule has 0 radical (unpaired) electrons. The van der Waals surface area contributed by atoms with Crippen LogP contribution in [-0.4, -0.2) is 17.7 Å². The van der Waals surface area contributed by atoms with Crippen LogP contribution in [0.3, 0.4) is 0 Å². The fraction of sp³-hybridized carbons (Fsp3) is 0.533. The first kappa shape index (κ1) is 14.7. The van der Waals surface area contributed by atoms with Crippen molar-refractivity contribution in [2.75, 3.05) is 6.61 Å². The highest BCUT2D eigenvalue weighted by Gasteiger charge is 2.11. The first-order chi connectivity index (χ1) is 8.74. The zero-order chi connectivity index (χ0) is 13.2. The van der Waals surface area contributed by atoms with Gasteiger partial charge in [0.25, 0.3) is 0 Å². The summed E-state index contributed by atoms with van der Waals surface area (Å²) >= 11 is 0. The minimum atomic E-state index is -0.761. The first-order valence-corrected chi connectivity index (χ1v) is 6.62. The molecule has 1 unspecified atom stereocenters. The number of aliphatic carboxylic acids is 1. The van der Waals surface area contributed by atoms with E-state index >= 15 is 0 Å². The Balaban J connectivity index is 2.43. The molecule has 0 saturated heterocycles. The lowest BCUT2D eigenvalue weighted by atomic mass is 10.0. The van der Waals surface area contributed by atoms with Crippen molar-refractivity contribution in [3.05, 3.63) is 35.9 Å². The van der Waals surface area contributed by atoms with Crippen LogP contribution in [0.15, 0.2) is 30.3 Å². The van der Waals surface area contributed by atoms with Crippen molar-refractivity contribution >= 4 is 5.97 Å². The van der Waals surface area contributed by atoms with Crippen molar-refractivity contribution in [2.45, 2.75) is 45.1 Å². The molecule has 1 aromatic carbocycles. The van der Waals surface area contributed by atoms with Crippen LogP contribution in [0.4, 0.5) is 0 Å². The summed E-state index contributed by atoms with van der Waals surface area (Å²) < 4.78 is 5.82. The molecule has 0 spiro atoms. The second-order valence-electron chi connectivity index (χ2n) is 4.41. The molecule has 0 aromatic heterocycles. The van der Waals surface area contributed by atoms with Gasteiger partial charge < -0.3 is 9.84 Å². The van der Waals surface area contributed by atoms with Gasteiger partial charge >= 0.3 is 5.97 Å². The van der Waals surface area contributed by atoms with Gasteiger partial charge in [-0.15, -0.1) is 0 Å². The number of hydrogen-bond acceptors (Lipinski definition) is 2. The Labute approximate surface area is 109 Å². The van der Waals surface area contributed by atoms with E-state index in [4.69, 9.17) is 9.84 Å². The molecule has 1 N–H and O–H groups in total. The number of rotatable bonds is 9. The van der Waals surface area contributed by atoms with Crippen LogP contribution in [0.5, 0.6) is 0 Å². The van der Waals surface area contributed by atoms with E-state index in [0.717, 1.165) is 19.3 Å². The third-order valence-electron chi connectivity index (χ3n) is 2.85. The van der Waals surface area contributed by atoms with Gasteiger partial charge in [0, 0.05) is 13.0 Å². The summed E-state index contributed by atoms with van der Waals surface area (Å²) in [6.45, 7) is 2.67. The van der Waals surface area contributed by atoms with Gasteiger partial charge in [-0.25, -0.2) is 0 Å². The standard InChI is InChI=1S/C15H22O3/c1-2-3-10-14(13-8-5-4-6-9-13)18-12-7-11-15(16)17/h4-6,8-9,14H,2-3,7,10-12H2,1H3,(H,16,17). The lowest BCUT2D eigenvalue weighted by Crippen LogP contribution is -2.07. The number of carboxylic acid groups (broad SMARTS) is 1. The summed E-state index contributed by atoms with van der Waals surface area (Å²) in [4.78, 5) is 10.4. The largest absolute Gasteiger partial charge is 0.481 e. The van der Waals surface area contributed by atoms with E-state index in [0.29, 0.717) is 13.0 Å². The van der Waals surface area contributed by atoms with Crippen molar-refractivity contribution in [1.82, 2.24) is 0 Å². The molecule has 1 rings (SSSR count). The normalized spacial score (nSPS) is 12.3. The summed E-state index contributed by atoms with van der Waals surface area (Å²) in [7, 11) is 0. The summed E-state index contributed by atoms with van der Waals surface area (Å²) in [5.41, 5.74) is 1.18. The SMILES string of the molecule is CCCCC(OCCCC(=O)O)c1ccccc1. The van der Waals surface area contributed by atoms with E-state index < -0.39 is 5.97 Å². The quantitative estimate of drug-likeness (QED) is 0.678. The predicted molar refractivity (Wildman–Crippen MR) is 71.5 cm³/mol. The Bertz CT molecular complexity index is 335. The van der Waals surface area contributed by atoms with Gasteiger partial charge in [-0.3, -0.25) is 4.79 Å². The smallest absolute Gasteiger partial charge is 0.303 e. The molecule has 1 atom stereocenters. The second-order valence-corrected chi connectivity index (χ2v) is 4.41. The molecule has 0 saturated carbocycles. The Morgan fingerprint density at radius 1 is 1.28 bits per heavy atom. The molecular formula is C15H22O3. The van der Waals surface area contributed by atoms with Gasteiger partial charge in [0.1, 0.15) is 0 Å². The van der Waals surface area contributed by atoms with Gasteiger partial charge in [-0.1, -0.05) is 50.1 Å². The van der Waals surface area contributed by atoms with Crippen LogP contribution in [0.1, 0.15) is 50.7 Å². The monoisotopic (exact) mass is 250 g/mol. The van der Waals surface area contributed by atoms with Crippen LogP contribution in [0, 0.1) is 0 Å². The van der Waals surface area contributed by atoms with E-state index in [1.165, 1.54) is 5.56 Å². The minimum absolute atomic E-state index is 0.0972. The molecule has 0 amide bonds. The molecule has 3 nitrogen and oxygen atoms in total. The topological polar surface area (TPSA) is 46.5 Å². The molecular weight excluding hydrogens is 228 g/mol. The zero-order valence-corrected chi connectivity index (χ0v) is 11.0. The first-order valence-electron chi connectivity index (χ1n) is 6.62. The predicted octanol–water partition coefficient (Wildman–Crippen LogP) is 3.80. The molecule has 0 bridgehead atoms.